The first-order valence-electron chi connectivity index (χ1n) is 10.1. The van der Waals surface area contributed by atoms with Gasteiger partial charge in [0.25, 0.3) is 22.7 Å². The summed E-state index contributed by atoms with van der Waals surface area (Å²) in [4.78, 5) is 67.2. The van der Waals surface area contributed by atoms with E-state index in [0.717, 1.165) is 0 Å². The molecular formula is C20H18N4O12. The van der Waals surface area contributed by atoms with E-state index in [1.807, 2.05) is 0 Å². The lowest BCUT2D eigenvalue weighted by Crippen LogP contribution is -2.47. The fourth-order valence-electron chi connectivity index (χ4n) is 3.35. The number of Topliss-reactive ketones (excluding diaryl/α,β-unsaturated/α-hetero) is 2. The summed E-state index contributed by atoms with van der Waals surface area (Å²) in [6.45, 7) is -0.255. The van der Waals surface area contributed by atoms with Crippen LogP contribution in [0.2, 0.25) is 0 Å². The third kappa shape index (κ3) is 6.05. The van der Waals surface area contributed by atoms with Crippen LogP contribution >= 0.6 is 0 Å². The van der Waals surface area contributed by atoms with Crippen LogP contribution in [0, 0.1) is 40.5 Å². The van der Waals surface area contributed by atoms with E-state index in [0.29, 0.717) is 36.4 Å². The number of nitro groups is 4. The summed E-state index contributed by atoms with van der Waals surface area (Å²) in [6, 6.07) is 3.55. The normalized spacial score (nSPS) is 11.1. The van der Waals surface area contributed by atoms with E-state index in [1.165, 1.54) is 0 Å². The van der Waals surface area contributed by atoms with Crippen molar-refractivity contribution in [3.05, 3.63) is 88.0 Å². The molecule has 0 radical (unpaired) electrons. The predicted molar refractivity (Wildman–Crippen MR) is 119 cm³/mol. The fourth-order valence-corrected chi connectivity index (χ4v) is 3.35. The van der Waals surface area contributed by atoms with Gasteiger partial charge < -0.3 is 10.2 Å². The molecular weight excluding hydrogens is 488 g/mol. The lowest BCUT2D eigenvalue weighted by molar-refractivity contribution is -0.394. The number of carbonyl (C=O) groups is 2. The molecule has 0 aliphatic carbocycles. The van der Waals surface area contributed by atoms with Crippen molar-refractivity contribution in [3.8, 4) is 0 Å². The van der Waals surface area contributed by atoms with Gasteiger partial charge in [0.05, 0.1) is 31.8 Å². The highest BCUT2D eigenvalue weighted by Crippen LogP contribution is 2.32. The van der Waals surface area contributed by atoms with Gasteiger partial charge in [-0.1, -0.05) is 6.42 Å². The van der Waals surface area contributed by atoms with Crippen LogP contribution in [-0.4, -0.2) is 53.7 Å². The number of non-ortho nitro benzene ring substituents is 4. The molecule has 0 saturated carbocycles. The molecule has 0 fully saturated rings. The number of hydrogen-bond donors (Lipinski definition) is 2. The third-order valence-corrected chi connectivity index (χ3v) is 5.12. The highest BCUT2D eigenvalue weighted by molar-refractivity contribution is 6.22. The first kappa shape index (κ1) is 27.5. The Morgan fingerprint density at radius 3 is 1.25 bits per heavy atom. The summed E-state index contributed by atoms with van der Waals surface area (Å²) in [7, 11) is 0. The van der Waals surface area contributed by atoms with E-state index in [9.17, 15) is 55.2 Å². The number of benzene rings is 2. The molecule has 0 aliphatic rings. The van der Waals surface area contributed by atoms with Crippen molar-refractivity contribution < 1.29 is 39.5 Å². The molecule has 0 unspecified atom stereocenters. The molecule has 2 aromatic carbocycles. The molecule has 0 bridgehead atoms. The molecule has 0 aliphatic heterocycles. The molecule has 0 atom stereocenters. The SMILES string of the molecule is O=C(c1cc([N+](=O)[O-])cc([N+](=O)[O-])c1)C(O)(CCCCCO)C(=O)c1cc([N+](=O)[O-])cc([N+](=O)[O-])c1. The van der Waals surface area contributed by atoms with Gasteiger partial charge in [0, 0.05) is 42.0 Å². The molecule has 190 valence electrons. The molecule has 0 saturated heterocycles. The summed E-state index contributed by atoms with van der Waals surface area (Å²) in [5, 5.41) is 65.0. The molecule has 36 heavy (non-hydrogen) atoms. The van der Waals surface area contributed by atoms with Crippen LogP contribution in [0.5, 0.6) is 0 Å². The molecule has 16 nitrogen and oxygen atoms in total. The van der Waals surface area contributed by atoms with Crippen LogP contribution in [0.3, 0.4) is 0 Å². The maximum absolute atomic E-state index is 13.3. The highest BCUT2D eigenvalue weighted by Gasteiger charge is 2.45. The second-order valence-electron chi connectivity index (χ2n) is 7.56. The van der Waals surface area contributed by atoms with Crippen molar-refractivity contribution in [3.63, 3.8) is 0 Å². The lowest BCUT2D eigenvalue weighted by atomic mass is 9.81. The van der Waals surface area contributed by atoms with E-state index in [-0.39, 0.29) is 25.9 Å². The summed E-state index contributed by atoms with van der Waals surface area (Å²) in [5.74, 6) is -2.98. The topological polar surface area (TPSA) is 247 Å². The molecule has 16 heteroatoms. The van der Waals surface area contributed by atoms with Gasteiger partial charge in [0.1, 0.15) is 0 Å². The van der Waals surface area contributed by atoms with Gasteiger partial charge in [-0.2, -0.15) is 0 Å². The molecule has 0 spiro atoms. The van der Waals surface area contributed by atoms with Crippen LogP contribution in [0.1, 0.15) is 46.4 Å². The molecule has 0 amide bonds. The standard InChI is InChI=1S/C20H18N4O12/c25-5-3-1-2-4-20(28,18(26)12-6-14(21(29)30)10-15(7-12)22(31)32)19(27)13-8-16(23(33)34)11-17(9-13)24(35)36/h6-11,25,28H,1-5H2. The average molecular weight is 506 g/mol. The van der Waals surface area contributed by atoms with Gasteiger partial charge >= 0.3 is 0 Å². The first-order valence-corrected chi connectivity index (χ1v) is 10.1. The number of hydrogen-bond acceptors (Lipinski definition) is 12. The molecule has 2 rings (SSSR count). The number of nitrogens with zero attached hydrogens (tertiary/aromatic N) is 4. The Balaban J connectivity index is 2.69. The van der Waals surface area contributed by atoms with Gasteiger partial charge in [-0.05, 0) is 19.3 Å². The van der Waals surface area contributed by atoms with E-state index >= 15 is 0 Å². The van der Waals surface area contributed by atoms with Crippen molar-refractivity contribution in [1.29, 1.82) is 0 Å². The van der Waals surface area contributed by atoms with Gasteiger partial charge in [0.2, 0.25) is 11.6 Å². The predicted octanol–water partition coefficient (Wildman–Crippen LogP) is 2.67. The van der Waals surface area contributed by atoms with Gasteiger partial charge in [-0.25, -0.2) is 0 Å². The minimum atomic E-state index is -3.05. The van der Waals surface area contributed by atoms with Gasteiger partial charge in [0.15, 0.2) is 5.60 Å². The van der Waals surface area contributed by atoms with E-state index < -0.39 is 77.2 Å². The fraction of sp³-hybridized carbons (Fsp3) is 0.300. The van der Waals surface area contributed by atoms with Crippen molar-refractivity contribution in [2.75, 3.05) is 6.61 Å². The Morgan fingerprint density at radius 2 is 0.972 bits per heavy atom. The van der Waals surface area contributed by atoms with E-state index in [2.05, 4.69) is 0 Å². The molecule has 0 heterocycles. The van der Waals surface area contributed by atoms with Gasteiger partial charge in [-0.15, -0.1) is 0 Å². The number of aliphatic hydroxyl groups excluding tert-OH is 1. The number of carbonyl (C=O) groups excluding carboxylic acids is 2. The second-order valence-corrected chi connectivity index (χ2v) is 7.56. The van der Waals surface area contributed by atoms with Crippen LogP contribution < -0.4 is 0 Å². The minimum absolute atomic E-state index is 0.0669. The smallest absolute Gasteiger partial charge is 0.277 e. The number of unbranched alkanes of at least 4 members (excludes halogenated alkanes) is 2. The maximum Gasteiger partial charge on any atom is 0.277 e. The lowest BCUT2D eigenvalue weighted by Gasteiger charge is -2.25. The minimum Gasteiger partial charge on any atom is -0.396 e. The van der Waals surface area contributed by atoms with Crippen LogP contribution in [0.25, 0.3) is 0 Å². The van der Waals surface area contributed by atoms with E-state index in [4.69, 9.17) is 5.11 Å². The van der Waals surface area contributed by atoms with Crippen LogP contribution in [0.15, 0.2) is 36.4 Å². The summed E-state index contributed by atoms with van der Waals surface area (Å²) in [6.07, 6.45) is -0.313. The molecule has 0 aromatic heterocycles. The Bertz CT molecular complexity index is 1110. The van der Waals surface area contributed by atoms with Gasteiger partial charge in [-0.3, -0.25) is 50.0 Å². The largest absolute Gasteiger partial charge is 0.396 e. The average Bonchev–Trinajstić information content (AvgIpc) is 2.84. The zero-order chi connectivity index (χ0) is 27.2. The van der Waals surface area contributed by atoms with Crippen LogP contribution in [-0.2, 0) is 0 Å². The zero-order valence-corrected chi connectivity index (χ0v) is 18.3. The number of ketones is 2. The third-order valence-electron chi connectivity index (χ3n) is 5.12. The molecule has 2 N–H and O–H groups in total. The number of rotatable bonds is 13. The first-order chi connectivity index (χ1) is 16.8. The number of aliphatic hydroxyl groups is 2. The second kappa shape index (κ2) is 11.2. The van der Waals surface area contributed by atoms with Crippen molar-refractivity contribution >= 4 is 34.3 Å². The van der Waals surface area contributed by atoms with Crippen molar-refractivity contribution in [2.45, 2.75) is 31.3 Å². The maximum atomic E-state index is 13.3. The summed E-state index contributed by atoms with van der Waals surface area (Å²) >= 11 is 0. The molecule has 2 aromatic rings. The Labute approximate surface area is 200 Å². The Hall–Kier alpha value is -4.70. The highest BCUT2D eigenvalue weighted by atomic mass is 16.6. The summed E-state index contributed by atoms with van der Waals surface area (Å²) in [5.41, 5.74) is -8.12. The van der Waals surface area contributed by atoms with Crippen LogP contribution in [0.4, 0.5) is 22.7 Å². The van der Waals surface area contributed by atoms with E-state index in [1.54, 1.807) is 0 Å². The Kier molecular flexibility index (Phi) is 8.53. The van der Waals surface area contributed by atoms with Crippen molar-refractivity contribution in [2.24, 2.45) is 0 Å². The Morgan fingerprint density at radius 1 is 0.639 bits per heavy atom. The van der Waals surface area contributed by atoms with Crippen molar-refractivity contribution in [1.82, 2.24) is 0 Å². The quantitative estimate of drug-likeness (QED) is 0.131. The monoisotopic (exact) mass is 506 g/mol. The number of nitro benzene ring substituents is 4. The zero-order valence-electron chi connectivity index (χ0n) is 18.3. The summed E-state index contributed by atoms with van der Waals surface area (Å²) < 4.78 is 0.